The van der Waals surface area contributed by atoms with Gasteiger partial charge in [0.15, 0.2) is 29.8 Å². The number of fused-ring (bicyclic) bond motifs is 2. The molecule has 2 aromatic heterocycles. The van der Waals surface area contributed by atoms with E-state index in [-0.39, 0.29) is 22.2 Å². The van der Waals surface area contributed by atoms with Crippen LogP contribution in [0.3, 0.4) is 0 Å². The van der Waals surface area contributed by atoms with E-state index in [0.717, 1.165) is 27.7 Å². The number of carbonyl (C=O) groups is 3. The van der Waals surface area contributed by atoms with Crippen molar-refractivity contribution in [3.8, 4) is 0 Å². The number of nitrogens with zero attached hydrogens (tertiary/aromatic N) is 4. The summed E-state index contributed by atoms with van der Waals surface area (Å²) < 4.78 is 1.94. The van der Waals surface area contributed by atoms with Gasteiger partial charge in [0.25, 0.3) is 11.8 Å². The van der Waals surface area contributed by atoms with E-state index in [1.54, 1.807) is 5.38 Å². The number of β-lactam (4-membered cyclic amide) rings is 1. The number of carboxylic acid groups (broad SMARTS) is 1. The van der Waals surface area contributed by atoms with E-state index in [9.17, 15) is 19.5 Å². The van der Waals surface area contributed by atoms with Crippen molar-refractivity contribution in [1.82, 2.24) is 15.2 Å². The van der Waals surface area contributed by atoms with Crippen LogP contribution in [-0.4, -0.2) is 62.8 Å². The van der Waals surface area contributed by atoms with Gasteiger partial charge in [-0.3, -0.25) is 14.5 Å². The standard InChI is InChI=1S/C24H22N6O5S2/c1-12-7-29(8-13-5-3-4-6-15(12)13)9-14-10-36-22-18(21(32)30(22)19(14)23(33)34)27-20(31)17(28-35-2)16-11-37-24(25)26-16/h3-8,11,18,22H,9-10H2,1-2H3,(H3-,25,26,27,31,33,34)/p+1/b28-17-/t18-,22-/m1/s1. The minimum atomic E-state index is -1.18. The van der Waals surface area contributed by atoms with Gasteiger partial charge in [0.2, 0.25) is 0 Å². The molecule has 2 aliphatic rings. The van der Waals surface area contributed by atoms with Crippen LogP contribution in [0.5, 0.6) is 0 Å². The van der Waals surface area contributed by atoms with Crippen LogP contribution in [-0.2, 0) is 25.8 Å². The van der Waals surface area contributed by atoms with Gasteiger partial charge in [-0.05, 0) is 18.4 Å². The third kappa shape index (κ3) is 4.51. The molecule has 190 valence electrons. The van der Waals surface area contributed by atoms with Crippen LogP contribution in [0.1, 0.15) is 11.3 Å². The highest BCUT2D eigenvalue weighted by Gasteiger charge is 2.54. The second-order valence-electron chi connectivity index (χ2n) is 8.51. The van der Waals surface area contributed by atoms with E-state index < -0.39 is 29.2 Å². The lowest BCUT2D eigenvalue weighted by atomic mass is 10.0. The van der Waals surface area contributed by atoms with Crippen molar-refractivity contribution in [2.24, 2.45) is 5.16 Å². The zero-order valence-corrected chi connectivity index (χ0v) is 21.5. The molecule has 5 rings (SSSR count). The maximum Gasteiger partial charge on any atom is 0.352 e. The molecule has 13 heteroatoms. The Morgan fingerprint density at radius 3 is 2.84 bits per heavy atom. The Hall–Kier alpha value is -3.97. The first-order chi connectivity index (χ1) is 17.8. The van der Waals surface area contributed by atoms with Crippen molar-refractivity contribution in [3.63, 3.8) is 0 Å². The Labute approximate surface area is 219 Å². The quantitative estimate of drug-likeness (QED) is 0.176. The molecule has 3 aromatic rings. The number of nitrogens with two attached hydrogens (primary N) is 1. The van der Waals surface area contributed by atoms with Gasteiger partial charge in [0.1, 0.15) is 29.9 Å². The Kier molecular flexibility index (Phi) is 6.56. The fourth-order valence-corrected chi connectivity index (χ4v) is 6.40. The third-order valence-corrected chi connectivity index (χ3v) is 8.14. The number of rotatable bonds is 7. The number of benzene rings is 1. The van der Waals surface area contributed by atoms with Crippen LogP contribution < -0.4 is 15.6 Å². The highest BCUT2D eigenvalue weighted by molar-refractivity contribution is 8.00. The average molecular weight is 540 g/mol. The van der Waals surface area contributed by atoms with Crippen molar-refractivity contribution < 1.29 is 28.9 Å². The first-order valence-corrected chi connectivity index (χ1v) is 13.1. The molecule has 1 aromatic carbocycles. The summed E-state index contributed by atoms with van der Waals surface area (Å²) in [5, 5.41) is 19.8. The molecule has 4 N–H and O–H groups in total. The Bertz CT molecular complexity index is 1500. The first kappa shape index (κ1) is 24.7. The number of hydrogen-bond donors (Lipinski definition) is 3. The van der Waals surface area contributed by atoms with Crippen molar-refractivity contribution in [3.05, 3.63) is 64.6 Å². The van der Waals surface area contributed by atoms with Gasteiger partial charge in [0, 0.05) is 27.7 Å². The van der Waals surface area contributed by atoms with Crippen LogP contribution in [0.2, 0.25) is 0 Å². The molecule has 0 spiro atoms. The van der Waals surface area contributed by atoms with Gasteiger partial charge in [-0.1, -0.05) is 23.4 Å². The Morgan fingerprint density at radius 1 is 1.35 bits per heavy atom. The smallest absolute Gasteiger partial charge is 0.352 e. The minimum Gasteiger partial charge on any atom is -0.477 e. The molecule has 0 radical (unpaired) electrons. The maximum atomic E-state index is 13.1. The van der Waals surface area contributed by atoms with Crippen LogP contribution in [0, 0.1) is 6.92 Å². The molecule has 37 heavy (non-hydrogen) atoms. The normalized spacial score (nSPS) is 19.5. The van der Waals surface area contributed by atoms with Crippen molar-refractivity contribution in [2.45, 2.75) is 24.9 Å². The van der Waals surface area contributed by atoms with Crippen molar-refractivity contribution >= 4 is 62.5 Å². The number of amides is 2. The number of carboxylic acids is 1. The molecule has 2 aliphatic heterocycles. The molecule has 0 unspecified atom stereocenters. The van der Waals surface area contributed by atoms with Crippen LogP contribution >= 0.6 is 23.1 Å². The van der Waals surface area contributed by atoms with E-state index in [0.29, 0.717) is 17.9 Å². The zero-order chi connectivity index (χ0) is 26.3. The van der Waals surface area contributed by atoms with Gasteiger partial charge < -0.3 is 21.0 Å². The van der Waals surface area contributed by atoms with Crippen molar-refractivity contribution in [2.75, 3.05) is 18.6 Å². The molecular weight excluding hydrogens is 516 g/mol. The number of anilines is 1. The third-order valence-electron chi connectivity index (χ3n) is 6.12. The zero-order valence-electron chi connectivity index (χ0n) is 19.9. The lowest BCUT2D eigenvalue weighted by molar-refractivity contribution is -0.688. The largest absolute Gasteiger partial charge is 0.477 e. The van der Waals surface area contributed by atoms with E-state index in [4.69, 9.17) is 10.6 Å². The predicted octanol–water partition coefficient (Wildman–Crippen LogP) is 1.26. The average Bonchev–Trinajstić information content (AvgIpc) is 3.31. The summed E-state index contributed by atoms with van der Waals surface area (Å²) in [7, 11) is 1.29. The second kappa shape index (κ2) is 9.82. The van der Waals surface area contributed by atoms with Gasteiger partial charge >= 0.3 is 5.97 Å². The highest BCUT2D eigenvalue weighted by Crippen LogP contribution is 2.40. The van der Waals surface area contributed by atoms with Crippen LogP contribution in [0.4, 0.5) is 5.13 Å². The molecule has 0 saturated carbocycles. The molecule has 2 amide bonds. The number of oxime groups is 1. The number of pyridine rings is 1. The monoisotopic (exact) mass is 539 g/mol. The summed E-state index contributed by atoms with van der Waals surface area (Å²) >= 11 is 2.54. The topological polar surface area (TPSA) is 151 Å². The molecule has 1 saturated heterocycles. The number of carbonyl (C=O) groups excluding carboxylic acids is 2. The fourth-order valence-electron chi connectivity index (χ4n) is 4.52. The van der Waals surface area contributed by atoms with E-state index in [2.05, 4.69) is 15.5 Å². The van der Waals surface area contributed by atoms with Crippen LogP contribution in [0.25, 0.3) is 10.8 Å². The summed E-state index contributed by atoms with van der Waals surface area (Å²) in [6, 6.07) is 7.06. The molecule has 11 nitrogen and oxygen atoms in total. The first-order valence-electron chi connectivity index (χ1n) is 11.2. The number of thioether (sulfide) groups is 1. The lowest BCUT2D eigenvalue weighted by Crippen LogP contribution is -2.71. The SMILES string of the molecule is CO/N=C(\C(=O)N[C@@H]1C(=O)N2C(C(=O)O)=C(C[n+]3cc(C)c4ccccc4c3)CS[C@H]12)c1csc(N)n1. The van der Waals surface area contributed by atoms with E-state index in [1.165, 1.54) is 23.8 Å². The number of aryl methyl sites for hydroxylation is 1. The highest BCUT2D eigenvalue weighted by atomic mass is 32.2. The maximum absolute atomic E-state index is 13.1. The lowest BCUT2D eigenvalue weighted by Gasteiger charge is -2.49. The number of nitrogens with one attached hydrogen (secondary N) is 1. The second-order valence-corrected chi connectivity index (χ2v) is 10.5. The number of thiazole rings is 1. The van der Waals surface area contributed by atoms with Gasteiger partial charge in [-0.15, -0.1) is 23.1 Å². The fraction of sp³-hybridized carbons (Fsp3) is 0.250. The summed E-state index contributed by atoms with van der Waals surface area (Å²) in [6.07, 6.45) is 3.93. The summed E-state index contributed by atoms with van der Waals surface area (Å²) in [5.74, 6) is -1.96. The Balaban J connectivity index is 1.38. The minimum absolute atomic E-state index is 0.0457. The van der Waals surface area contributed by atoms with Crippen molar-refractivity contribution in [1.29, 1.82) is 0 Å². The number of nitrogen functional groups attached to an aromatic ring is 1. The number of aromatic nitrogens is 2. The summed E-state index contributed by atoms with van der Waals surface area (Å²) in [4.78, 5) is 48.3. The molecule has 0 bridgehead atoms. The molecule has 0 aliphatic carbocycles. The number of aliphatic carboxylic acids is 1. The molecule has 4 heterocycles. The predicted molar refractivity (Wildman–Crippen MR) is 139 cm³/mol. The Morgan fingerprint density at radius 2 is 2.14 bits per heavy atom. The van der Waals surface area contributed by atoms with Gasteiger partial charge in [-0.25, -0.2) is 14.3 Å². The van der Waals surface area contributed by atoms with E-state index >= 15 is 0 Å². The number of hydrogen-bond acceptors (Lipinski definition) is 9. The summed E-state index contributed by atoms with van der Waals surface area (Å²) in [6.45, 7) is 2.33. The molecular formula is C24H23N6O5S2+. The van der Waals surface area contributed by atoms with E-state index in [1.807, 2.05) is 48.1 Å². The van der Waals surface area contributed by atoms with Crippen LogP contribution in [0.15, 0.2) is 58.5 Å². The van der Waals surface area contributed by atoms with Gasteiger partial charge in [0.05, 0.1) is 0 Å². The molecule has 1 fully saturated rings. The van der Waals surface area contributed by atoms with Gasteiger partial charge in [-0.2, -0.15) is 0 Å². The summed E-state index contributed by atoms with van der Waals surface area (Å²) in [5.41, 5.74) is 7.39. The molecule has 2 atom stereocenters.